The monoisotopic (exact) mass is 382 g/mol. The molecule has 0 N–H and O–H groups in total. The molecule has 148 valence electrons. The van der Waals surface area contributed by atoms with Crippen molar-refractivity contribution in [1.29, 1.82) is 0 Å². The Morgan fingerprint density at radius 2 is 1.42 bits per heavy atom. The lowest BCUT2D eigenvalue weighted by molar-refractivity contribution is 0.0497. The highest BCUT2D eigenvalue weighted by molar-refractivity contribution is 7.38. The predicted octanol–water partition coefficient (Wildman–Crippen LogP) is 6.39. The number of unbranched alkanes of at least 4 members (excludes halogenated alkanes) is 9. The van der Waals surface area contributed by atoms with Crippen LogP contribution in [0.15, 0.2) is 24.3 Å². The van der Waals surface area contributed by atoms with Crippen molar-refractivity contribution in [3.05, 3.63) is 35.4 Å². The predicted molar refractivity (Wildman–Crippen MR) is 108 cm³/mol. The Hall–Kier alpha value is -1.12. The number of ether oxygens (including phenoxy) is 1. The highest BCUT2D eigenvalue weighted by atomic mass is 31.1. The van der Waals surface area contributed by atoms with E-state index in [1.165, 1.54) is 58.5 Å². The molecule has 0 aliphatic heterocycles. The van der Waals surface area contributed by atoms with Gasteiger partial charge in [-0.1, -0.05) is 76.8 Å². The average Bonchev–Trinajstić information content (AvgIpc) is 2.66. The molecule has 1 unspecified atom stereocenters. The lowest BCUT2D eigenvalue weighted by atomic mass is 10.1. The van der Waals surface area contributed by atoms with Gasteiger partial charge in [0.15, 0.2) is 8.03 Å². The van der Waals surface area contributed by atoms with Gasteiger partial charge in [-0.3, -0.25) is 4.57 Å². The first-order valence-corrected chi connectivity index (χ1v) is 11.5. The number of benzene rings is 1. The highest BCUT2D eigenvalue weighted by Crippen LogP contribution is 2.26. The van der Waals surface area contributed by atoms with Gasteiger partial charge in [0.1, 0.15) is 0 Å². The molecule has 0 spiro atoms. The summed E-state index contributed by atoms with van der Waals surface area (Å²) in [5.74, 6) is -0.285. The van der Waals surface area contributed by atoms with E-state index in [0.29, 0.717) is 18.3 Å². The second-order valence-corrected chi connectivity index (χ2v) is 8.27. The molecule has 0 saturated heterocycles. The van der Waals surface area contributed by atoms with E-state index in [4.69, 9.17) is 9.26 Å². The van der Waals surface area contributed by atoms with Crippen molar-refractivity contribution in [2.45, 2.75) is 77.3 Å². The van der Waals surface area contributed by atoms with Gasteiger partial charge in [-0.2, -0.15) is 0 Å². The van der Waals surface area contributed by atoms with Crippen LogP contribution in [0.5, 0.6) is 0 Å². The Kier molecular flexibility index (Phi) is 13.2. The van der Waals surface area contributed by atoms with Gasteiger partial charge in [0.25, 0.3) is 0 Å². The summed E-state index contributed by atoms with van der Waals surface area (Å²) in [6.45, 7) is 2.73. The Morgan fingerprint density at radius 1 is 0.885 bits per heavy atom. The van der Waals surface area contributed by atoms with Gasteiger partial charge in [0.05, 0.1) is 12.2 Å². The zero-order chi connectivity index (χ0) is 19.0. The Labute approximate surface area is 159 Å². The lowest BCUT2D eigenvalue weighted by Gasteiger charge is -2.06. The molecule has 0 fully saturated rings. The molecule has 0 aliphatic rings. The molecule has 0 aromatic heterocycles. The molecule has 0 aliphatic carbocycles. The number of rotatable bonds is 15. The second-order valence-electron chi connectivity index (χ2n) is 6.77. The molecule has 4 nitrogen and oxygen atoms in total. The molecule has 0 saturated carbocycles. The fraction of sp³-hybridized carbons (Fsp3) is 0.667. The summed E-state index contributed by atoms with van der Waals surface area (Å²) in [4.78, 5) is 12.0. The molecule has 26 heavy (non-hydrogen) atoms. The molecule has 5 heteroatoms. The number of hydrogen-bond acceptors (Lipinski definition) is 4. The Bertz CT molecular complexity index is 513. The Balaban J connectivity index is 2.07. The van der Waals surface area contributed by atoms with Crippen LogP contribution in [0.4, 0.5) is 0 Å². The normalized spacial score (nSPS) is 12.1. The number of carbonyl (C=O) groups is 1. The minimum Gasteiger partial charge on any atom is -0.462 e. The van der Waals surface area contributed by atoms with Gasteiger partial charge >= 0.3 is 5.97 Å². The minimum absolute atomic E-state index is 0.285. The van der Waals surface area contributed by atoms with E-state index in [2.05, 4.69) is 6.92 Å². The van der Waals surface area contributed by atoms with Gasteiger partial charge in [-0.15, -0.1) is 0 Å². The largest absolute Gasteiger partial charge is 0.462 e. The molecule has 1 atom stereocenters. The van der Waals surface area contributed by atoms with Crippen LogP contribution < -0.4 is 0 Å². The summed E-state index contributed by atoms with van der Waals surface area (Å²) < 4.78 is 21.5. The highest BCUT2D eigenvalue weighted by Gasteiger charge is 2.07. The quantitative estimate of drug-likeness (QED) is 0.200. The van der Waals surface area contributed by atoms with Gasteiger partial charge < -0.3 is 9.26 Å². The summed E-state index contributed by atoms with van der Waals surface area (Å²) in [7, 11) is -0.568. The molecular weight excluding hydrogens is 347 g/mol. The van der Waals surface area contributed by atoms with Crippen molar-refractivity contribution in [3.63, 3.8) is 0 Å². The zero-order valence-corrected chi connectivity index (χ0v) is 17.4. The van der Waals surface area contributed by atoms with Crippen LogP contribution in [-0.4, -0.2) is 19.7 Å². The van der Waals surface area contributed by atoms with Gasteiger partial charge in [-0.05, 0) is 24.1 Å². The van der Waals surface area contributed by atoms with E-state index in [9.17, 15) is 9.36 Å². The van der Waals surface area contributed by atoms with E-state index in [1.54, 1.807) is 24.3 Å². The van der Waals surface area contributed by atoms with Crippen molar-refractivity contribution in [2.75, 3.05) is 13.7 Å². The molecule has 1 aromatic rings. The standard InChI is InChI=1S/C21H35O4P/c1-3-4-5-6-7-8-9-10-11-12-17-25-21(22)20-15-13-19(14-16-20)18-26(23)24-2/h13-16,26H,3-12,17-18H2,1-2H3. The van der Waals surface area contributed by atoms with Crippen LogP contribution in [0.3, 0.4) is 0 Å². The van der Waals surface area contributed by atoms with E-state index in [0.717, 1.165) is 18.4 Å². The van der Waals surface area contributed by atoms with Crippen LogP contribution in [0.2, 0.25) is 0 Å². The van der Waals surface area contributed by atoms with Crippen LogP contribution in [0.1, 0.15) is 87.1 Å². The number of esters is 1. The molecular formula is C21H35O4P. The van der Waals surface area contributed by atoms with E-state index < -0.39 is 8.03 Å². The summed E-state index contributed by atoms with van der Waals surface area (Å²) in [5, 5.41) is 0. The van der Waals surface area contributed by atoms with E-state index >= 15 is 0 Å². The van der Waals surface area contributed by atoms with Crippen molar-refractivity contribution in [2.24, 2.45) is 0 Å². The topological polar surface area (TPSA) is 52.6 Å². The van der Waals surface area contributed by atoms with E-state index in [-0.39, 0.29) is 5.97 Å². The molecule has 1 rings (SSSR count). The maximum Gasteiger partial charge on any atom is 0.338 e. The molecule has 1 aromatic carbocycles. The SMILES string of the molecule is CCCCCCCCCCCCOC(=O)c1ccc(C[PH](=O)OC)cc1. The third-order valence-corrected chi connectivity index (χ3v) is 5.65. The van der Waals surface area contributed by atoms with Crippen LogP contribution >= 0.6 is 8.03 Å². The van der Waals surface area contributed by atoms with E-state index in [1.807, 2.05) is 0 Å². The fourth-order valence-electron chi connectivity index (χ4n) is 2.84. The third-order valence-electron chi connectivity index (χ3n) is 4.50. The van der Waals surface area contributed by atoms with Crippen LogP contribution in [-0.2, 0) is 20.0 Å². The van der Waals surface area contributed by atoms with Crippen molar-refractivity contribution >= 4 is 14.0 Å². The third kappa shape index (κ3) is 10.8. The summed E-state index contributed by atoms with van der Waals surface area (Å²) >= 11 is 0. The first-order chi connectivity index (χ1) is 12.7. The van der Waals surface area contributed by atoms with Gasteiger partial charge in [-0.25, -0.2) is 4.79 Å². The fourth-order valence-corrected chi connectivity index (χ4v) is 3.55. The summed E-state index contributed by atoms with van der Waals surface area (Å²) in [6, 6.07) is 7.05. The van der Waals surface area contributed by atoms with Crippen molar-refractivity contribution < 1.29 is 18.6 Å². The molecule has 0 amide bonds. The number of hydrogen-bond donors (Lipinski definition) is 0. The lowest BCUT2D eigenvalue weighted by Crippen LogP contribution is -2.06. The zero-order valence-electron chi connectivity index (χ0n) is 16.4. The van der Waals surface area contributed by atoms with Crippen LogP contribution in [0.25, 0.3) is 0 Å². The maximum atomic E-state index is 12.0. The molecule has 0 heterocycles. The Morgan fingerprint density at radius 3 is 1.96 bits per heavy atom. The second kappa shape index (κ2) is 15.0. The minimum atomic E-state index is -2.01. The first-order valence-electron chi connectivity index (χ1n) is 10.00. The first kappa shape index (κ1) is 22.9. The van der Waals surface area contributed by atoms with Gasteiger partial charge in [0.2, 0.25) is 0 Å². The van der Waals surface area contributed by atoms with Crippen molar-refractivity contribution in [1.82, 2.24) is 0 Å². The van der Waals surface area contributed by atoms with Crippen LogP contribution in [0, 0.1) is 0 Å². The van der Waals surface area contributed by atoms with Gasteiger partial charge in [0, 0.05) is 13.3 Å². The molecule has 0 bridgehead atoms. The average molecular weight is 382 g/mol. The summed E-state index contributed by atoms with van der Waals surface area (Å²) in [5.41, 5.74) is 1.44. The van der Waals surface area contributed by atoms with Crippen molar-refractivity contribution in [3.8, 4) is 0 Å². The maximum absolute atomic E-state index is 12.0. The summed E-state index contributed by atoms with van der Waals surface area (Å²) in [6.07, 6.45) is 13.0. The smallest absolute Gasteiger partial charge is 0.338 e. The molecule has 0 radical (unpaired) electrons. The number of carbonyl (C=O) groups excluding carboxylic acids is 1.